The molecule has 0 aromatic carbocycles. The number of halogens is 1. The molecule has 1 N–H and O–H groups in total. The highest BCUT2D eigenvalue weighted by Crippen LogP contribution is 2.23. The number of hydrogen-bond acceptors (Lipinski definition) is 5. The quantitative estimate of drug-likeness (QED) is 0.850. The van der Waals surface area contributed by atoms with Gasteiger partial charge in [0.25, 0.3) is 0 Å². The molecule has 122 valence electrons. The number of piperazine rings is 1. The molecule has 0 bridgehead atoms. The van der Waals surface area contributed by atoms with Crippen molar-refractivity contribution in [2.24, 2.45) is 0 Å². The zero-order valence-electron chi connectivity index (χ0n) is 12.6. The van der Waals surface area contributed by atoms with Crippen LogP contribution in [0.3, 0.4) is 0 Å². The van der Waals surface area contributed by atoms with Gasteiger partial charge in [0.1, 0.15) is 0 Å². The van der Waals surface area contributed by atoms with E-state index in [1.807, 2.05) is 4.90 Å². The second kappa shape index (κ2) is 7.88. The molecule has 1 unspecified atom stereocenters. The molecule has 3 rings (SSSR count). The first-order valence-corrected chi connectivity index (χ1v) is 9.37. The number of rotatable bonds is 4. The van der Waals surface area contributed by atoms with E-state index in [2.05, 4.69) is 38.3 Å². The van der Waals surface area contributed by atoms with Crippen LogP contribution in [0.2, 0.25) is 0 Å². The molecule has 1 aromatic rings. The SMILES string of the molecule is O=C(CC1COCCN1)N1CCN(Cc2ccc(Br)s2)CC1. The van der Waals surface area contributed by atoms with E-state index < -0.39 is 0 Å². The summed E-state index contributed by atoms with van der Waals surface area (Å²) in [5.41, 5.74) is 0. The van der Waals surface area contributed by atoms with Crippen LogP contribution in [0.15, 0.2) is 15.9 Å². The van der Waals surface area contributed by atoms with Crippen molar-refractivity contribution >= 4 is 33.2 Å². The molecule has 1 amide bonds. The molecule has 0 aliphatic carbocycles. The van der Waals surface area contributed by atoms with Gasteiger partial charge in [0.05, 0.1) is 17.0 Å². The Morgan fingerprint density at radius 3 is 2.82 bits per heavy atom. The van der Waals surface area contributed by atoms with Crippen LogP contribution in [0.1, 0.15) is 11.3 Å². The van der Waals surface area contributed by atoms with Crippen LogP contribution >= 0.6 is 27.3 Å². The topological polar surface area (TPSA) is 44.8 Å². The van der Waals surface area contributed by atoms with Crippen LogP contribution in [0.4, 0.5) is 0 Å². The summed E-state index contributed by atoms with van der Waals surface area (Å²) in [6, 6.07) is 4.45. The van der Waals surface area contributed by atoms with Crippen LogP contribution in [0.25, 0.3) is 0 Å². The van der Waals surface area contributed by atoms with Gasteiger partial charge in [-0.3, -0.25) is 9.69 Å². The number of carbonyl (C=O) groups excluding carboxylic acids is 1. The minimum absolute atomic E-state index is 0.183. The van der Waals surface area contributed by atoms with Crippen molar-refractivity contribution in [3.8, 4) is 0 Å². The van der Waals surface area contributed by atoms with E-state index in [4.69, 9.17) is 4.74 Å². The van der Waals surface area contributed by atoms with Gasteiger partial charge in [0.2, 0.25) is 5.91 Å². The van der Waals surface area contributed by atoms with Crippen LogP contribution in [-0.2, 0) is 16.1 Å². The lowest BCUT2D eigenvalue weighted by Gasteiger charge is -2.35. The van der Waals surface area contributed by atoms with Crippen molar-refractivity contribution in [2.75, 3.05) is 45.9 Å². The van der Waals surface area contributed by atoms with Gasteiger partial charge in [-0.1, -0.05) is 0 Å². The number of amides is 1. The average molecular weight is 388 g/mol. The van der Waals surface area contributed by atoms with Crippen molar-refractivity contribution in [1.82, 2.24) is 15.1 Å². The molecule has 2 aliphatic heterocycles. The average Bonchev–Trinajstić information content (AvgIpc) is 2.94. The molecule has 0 spiro atoms. The summed E-state index contributed by atoms with van der Waals surface area (Å²) >= 11 is 5.29. The molecule has 0 radical (unpaired) electrons. The smallest absolute Gasteiger partial charge is 0.224 e. The van der Waals surface area contributed by atoms with E-state index in [9.17, 15) is 4.79 Å². The molecular formula is C15H22BrN3O2S. The molecule has 2 aliphatic rings. The number of hydrogen-bond donors (Lipinski definition) is 1. The lowest BCUT2D eigenvalue weighted by atomic mass is 10.1. The Kier molecular flexibility index (Phi) is 5.87. The molecule has 1 atom stereocenters. The number of nitrogens with zero attached hydrogens (tertiary/aromatic N) is 2. The zero-order valence-corrected chi connectivity index (χ0v) is 15.0. The van der Waals surface area contributed by atoms with E-state index in [0.29, 0.717) is 13.0 Å². The molecule has 22 heavy (non-hydrogen) atoms. The van der Waals surface area contributed by atoms with Crippen molar-refractivity contribution in [3.05, 3.63) is 20.8 Å². The second-order valence-electron chi connectivity index (χ2n) is 5.79. The summed E-state index contributed by atoms with van der Waals surface area (Å²) in [6.07, 6.45) is 0.553. The first-order chi connectivity index (χ1) is 10.7. The van der Waals surface area contributed by atoms with Gasteiger partial charge in [-0.15, -0.1) is 11.3 Å². The predicted octanol–water partition coefficient (Wildman–Crippen LogP) is 1.53. The van der Waals surface area contributed by atoms with Gasteiger partial charge < -0.3 is 15.0 Å². The summed E-state index contributed by atoms with van der Waals surface area (Å²) in [7, 11) is 0. The summed E-state index contributed by atoms with van der Waals surface area (Å²) in [4.78, 5) is 18.1. The molecule has 2 fully saturated rings. The number of morpholine rings is 1. The summed E-state index contributed by atoms with van der Waals surface area (Å²) in [5.74, 6) is 0.251. The third-order valence-corrected chi connectivity index (χ3v) is 5.76. The number of nitrogens with one attached hydrogen (secondary N) is 1. The number of carbonyl (C=O) groups is 1. The van der Waals surface area contributed by atoms with Crippen molar-refractivity contribution in [3.63, 3.8) is 0 Å². The highest BCUT2D eigenvalue weighted by atomic mass is 79.9. The van der Waals surface area contributed by atoms with Crippen LogP contribution in [-0.4, -0.2) is 67.7 Å². The molecule has 3 heterocycles. The number of ether oxygens (including phenoxy) is 1. The van der Waals surface area contributed by atoms with Gasteiger partial charge in [0.15, 0.2) is 0 Å². The standard InChI is InChI=1S/C15H22BrN3O2S/c16-14-2-1-13(22-14)10-18-4-6-19(7-5-18)15(20)9-12-11-21-8-3-17-12/h1-2,12,17H,3-11H2. The largest absolute Gasteiger partial charge is 0.378 e. The molecule has 5 nitrogen and oxygen atoms in total. The first-order valence-electron chi connectivity index (χ1n) is 7.76. The van der Waals surface area contributed by atoms with Gasteiger partial charge in [0, 0.05) is 56.6 Å². The predicted molar refractivity (Wildman–Crippen MR) is 91.1 cm³/mol. The number of thiophene rings is 1. The van der Waals surface area contributed by atoms with Gasteiger partial charge >= 0.3 is 0 Å². The Morgan fingerprint density at radius 1 is 1.36 bits per heavy atom. The normalized spacial score (nSPS) is 23.7. The van der Waals surface area contributed by atoms with E-state index in [-0.39, 0.29) is 11.9 Å². The molecule has 0 saturated carbocycles. The summed E-state index contributed by atoms with van der Waals surface area (Å²) < 4.78 is 6.59. The van der Waals surface area contributed by atoms with Crippen LogP contribution in [0.5, 0.6) is 0 Å². The fourth-order valence-electron chi connectivity index (χ4n) is 2.90. The van der Waals surface area contributed by atoms with E-state index in [1.165, 1.54) is 8.66 Å². The lowest BCUT2D eigenvalue weighted by Crippen LogP contribution is -2.51. The maximum absolute atomic E-state index is 12.3. The highest BCUT2D eigenvalue weighted by Gasteiger charge is 2.24. The minimum Gasteiger partial charge on any atom is -0.378 e. The third-order valence-electron chi connectivity index (χ3n) is 4.15. The van der Waals surface area contributed by atoms with Crippen molar-refractivity contribution in [2.45, 2.75) is 19.0 Å². The molecule has 7 heteroatoms. The maximum Gasteiger partial charge on any atom is 0.224 e. The Morgan fingerprint density at radius 2 is 2.18 bits per heavy atom. The summed E-state index contributed by atoms with van der Waals surface area (Å²) in [6.45, 7) is 6.81. The van der Waals surface area contributed by atoms with Crippen LogP contribution in [0, 0.1) is 0 Å². The van der Waals surface area contributed by atoms with Crippen molar-refractivity contribution in [1.29, 1.82) is 0 Å². The lowest BCUT2D eigenvalue weighted by molar-refractivity contribution is -0.134. The van der Waals surface area contributed by atoms with E-state index in [0.717, 1.165) is 45.9 Å². The Bertz CT molecular complexity index is 497. The molecule has 1 aromatic heterocycles. The fraction of sp³-hybridized carbons (Fsp3) is 0.667. The zero-order chi connectivity index (χ0) is 15.4. The first kappa shape index (κ1) is 16.4. The van der Waals surface area contributed by atoms with E-state index in [1.54, 1.807) is 11.3 Å². The van der Waals surface area contributed by atoms with E-state index >= 15 is 0 Å². The van der Waals surface area contributed by atoms with Crippen molar-refractivity contribution < 1.29 is 9.53 Å². The van der Waals surface area contributed by atoms with Crippen LogP contribution < -0.4 is 5.32 Å². The molecule has 2 saturated heterocycles. The second-order valence-corrected chi connectivity index (χ2v) is 8.34. The minimum atomic E-state index is 0.183. The Hall–Kier alpha value is -0.470. The maximum atomic E-state index is 12.3. The third kappa shape index (κ3) is 4.52. The fourth-order valence-corrected chi connectivity index (χ4v) is 4.43. The molecular weight excluding hydrogens is 366 g/mol. The highest BCUT2D eigenvalue weighted by molar-refractivity contribution is 9.11. The Labute approximate surface area is 143 Å². The van der Waals surface area contributed by atoms with Gasteiger partial charge in [-0.05, 0) is 28.1 Å². The Balaban J connectivity index is 1.41. The monoisotopic (exact) mass is 387 g/mol. The van der Waals surface area contributed by atoms with Gasteiger partial charge in [-0.25, -0.2) is 0 Å². The summed E-state index contributed by atoms with van der Waals surface area (Å²) in [5, 5.41) is 3.35. The van der Waals surface area contributed by atoms with Gasteiger partial charge in [-0.2, -0.15) is 0 Å².